The highest BCUT2D eigenvalue weighted by Gasteiger charge is 2.08. The Morgan fingerprint density at radius 2 is 2.05 bits per heavy atom. The lowest BCUT2D eigenvalue weighted by Gasteiger charge is -2.05. The number of methoxy groups -OCH3 is 1. The van der Waals surface area contributed by atoms with Gasteiger partial charge in [-0.3, -0.25) is 0 Å². The maximum atomic E-state index is 6.02. The summed E-state index contributed by atoms with van der Waals surface area (Å²) in [6.07, 6.45) is 0. The molecule has 0 saturated carbocycles. The van der Waals surface area contributed by atoms with E-state index in [-0.39, 0.29) is 0 Å². The van der Waals surface area contributed by atoms with Crippen LogP contribution in [0.4, 0.5) is 5.69 Å². The highest BCUT2D eigenvalue weighted by atomic mass is 32.2. The Morgan fingerprint density at radius 3 is 2.80 bits per heavy atom. The molecule has 3 rings (SSSR count). The number of H-pyrrole nitrogens is 1. The maximum Gasteiger partial charge on any atom is 0.171 e. The second-order valence-electron chi connectivity index (χ2n) is 4.57. The van der Waals surface area contributed by atoms with E-state index < -0.39 is 0 Å². The van der Waals surface area contributed by atoms with E-state index in [1.807, 2.05) is 24.3 Å². The smallest absolute Gasteiger partial charge is 0.171 e. The molecule has 102 valence electrons. The van der Waals surface area contributed by atoms with Crippen molar-refractivity contribution in [1.82, 2.24) is 9.97 Å². The van der Waals surface area contributed by atoms with Crippen molar-refractivity contribution in [3.8, 4) is 5.75 Å². The number of nitrogens with two attached hydrogens (primary N) is 1. The van der Waals surface area contributed by atoms with Gasteiger partial charge in [-0.25, -0.2) is 4.98 Å². The zero-order valence-corrected chi connectivity index (χ0v) is 12.1. The van der Waals surface area contributed by atoms with Crippen molar-refractivity contribution in [2.75, 3.05) is 12.8 Å². The number of nitrogens with one attached hydrogen (secondary N) is 1. The average molecular weight is 285 g/mol. The third-order valence-electron chi connectivity index (χ3n) is 3.04. The van der Waals surface area contributed by atoms with E-state index in [2.05, 4.69) is 29.0 Å². The first-order valence-electron chi connectivity index (χ1n) is 6.23. The fourth-order valence-corrected chi connectivity index (χ4v) is 2.83. The van der Waals surface area contributed by atoms with Crippen LogP contribution in [0.5, 0.6) is 5.75 Å². The molecule has 5 heteroatoms. The van der Waals surface area contributed by atoms with Crippen molar-refractivity contribution in [2.24, 2.45) is 0 Å². The SMILES string of the molecule is COc1ccc(Sc2nc3ccc(C)cc3[nH]2)c(N)c1. The minimum atomic E-state index is 0.686. The molecular weight excluding hydrogens is 270 g/mol. The van der Waals surface area contributed by atoms with Gasteiger partial charge in [0, 0.05) is 16.6 Å². The van der Waals surface area contributed by atoms with Crippen molar-refractivity contribution in [1.29, 1.82) is 0 Å². The molecule has 0 unspecified atom stereocenters. The molecule has 2 aromatic carbocycles. The first-order chi connectivity index (χ1) is 9.65. The van der Waals surface area contributed by atoms with Crippen LogP contribution in [0, 0.1) is 6.92 Å². The molecule has 0 aliphatic rings. The molecule has 0 amide bonds. The molecule has 0 saturated heterocycles. The number of nitrogens with zero attached hydrogens (tertiary/aromatic N) is 1. The topological polar surface area (TPSA) is 63.9 Å². The van der Waals surface area contributed by atoms with Crippen molar-refractivity contribution in [2.45, 2.75) is 17.0 Å². The van der Waals surface area contributed by atoms with Crippen LogP contribution in [-0.2, 0) is 0 Å². The van der Waals surface area contributed by atoms with Gasteiger partial charge in [0.05, 0.1) is 18.1 Å². The van der Waals surface area contributed by atoms with Gasteiger partial charge in [0.2, 0.25) is 0 Å². The predicted octanol–water partition coefficient (Wildman–Crippen LogP) is 3.61. The number of imidazole rings is 1. The van der Waals surface area contributed by atoms with E-state index in [9.17, 15) is 0 Å². The minimum absolute atomic E-state index is 0.686. The first kappa shape index (κ1) is 12.9. The number of benzene rings is 2. The van der Waals surface area contributed by atoms with E-state index in [1.165, 1.54) is 17.3 Å². The van der Waals surface area contributed by atoms with Gasteiger partial charge in [-0.1, -0.05) is 6.07 Å². The third-order valence-corrected chi connectivity index (χ3v) is 4.02. The summed E-state index contributed by atoms with van der Waals surface area (Å²) in [4.78, 5) is 8.82. The largest absolute Gasteiger partial charge is 0.497 e. The number of hydrogen-bond acceptors (Lipinski definition) is 4. The molecule has 0 spiro atoms. The van der Waals surface area contributed by atoms with Crippen LogP contribution in [0.2, 0.25) is 0 Å². The van der Waals surface area contributed by atoms with Crippen LogP contribution in [0.15, 0.2) is 46.5 Å². The summed E-state index contributed by atoms with van der Waals surface area (Å²) in [6, 6.07) is 11.8. The molecular formula is C15H15N3OS. The Balaban J connectivity index is 1.92. The van der Waals surface area contributed by atoms with E-state index in [0.29, 0.717) is 5.69 Å². The Bertz CT molecular complexity index is 767. The van der Waals surface area contributed by atoms with Gasteiger partial charge in [-0.05, 0) is 48.5 Å². The molecule has 0 radical (unpaired) electrons. The highest BCUT2D eigenvalue weighted by Crippen LogP contribution is 2.33. The number of aromatic nitrogens is 2. The molecule has 3 aromatic rings. The molecule has 4 nitrogen and oxygen atoms in total. The van der Waals surface area contributed by atoms with E-state index >= 15 is 0 Å². The molecule has 3 N–H and O–H groups in total. The Hall–Kier alpha value is -2.14. The van der Waals surface area contributed by atoms with E-state index in [4.69, 9.17) is 10.5 Å². The monoisotopic (exact) mass is 285 g/mol. The molecule has 20 heavy (non-hydrogen) atoms. The number of fused-ring (bicyclic) bond motifs is 1. The number of aryl methyl sites for hydroxylation is 1. The van der Waals surface area contributed by atoms with Gasteiger partial charge in [0.15, 0.2) is 5.16 Å². The molecule has 0 atom stereocenters. The number of aromatic amines is 1. The van der Waals surface area contributed by atoms with Crippen molar-refractivity contribution >= 4 is 28.5 Å². The van der Waals surface area contributed by atoms with Crippen molar-refractivity contribution < 1.29 is 4.74 Å². The van der Waals surface area contributed by atoms with Crippen LogP contribution < -0.4 is 10.5 Å². The number of ether oxygens (including phenoxy) is 1. The molecule has 1 heterocycles. The standard InChI is InChI=1S/C15H15N3OS/c1-9-3-5-12-13(7-9)18-15(17-12)20-14-6-4-10(19-2)8-11(14)16/h3-8H,16H2,1-2H3,(H,17,18). The van der Waals surface area contributed by atoms with Gasteiger partial charge < -0.3 is 15.5 Å². The van der Waals surface area contributed by atoms with Crippen molar-refractivity contribution in [3.63, 3.8) is 0 Å². The lowest BCUT2D eigenvalue weighted by atomic mass is 10.2. The normalized spacial score (nSPS) is 10.9. The Morgan fingerprint density at radius 1 is 1.20 bits per heavy atom. The summed E-state index contributed by atoms with van der Waals surface area (Å²) in [7, 11) is 1.63. The second kappa shape index (κ2) is 5.09. The first-order valence-corrected chi connectivity index (χ1v) is 7.05. The van der Waals surface area contributed by atoms with Crippen LogP contribution in [0.25, 0.3) is 11.0 Å². The summed E-state index contributed by atoms with van der Waals surface area (Å²) in [5.74, 6) is 0.757. The summed E-state index contributed by atoms with van der Waals surface area (Å²) in [5.41, 5.74) is 9.92. The average Bonchev–Trinajstić information content (AvgIpc) is 2.82. The van der Waals surface area contributed by atoms with Gasteiger partial charge in [-0.15, -0.1) is 0 Å². The van der Waals surface area contributed by atoms with Gasteiger partial charge in [0.1, 0.15) is 5.75 Å². The minimum Gasteiger partial charge on any atom is -0.497 e. The quantitative estimate of drug-likeness (QED) is 0.721. The van der Waals surface area contributed by atoms with Crippen LogP contribution in [0.3, 0.4) is 0 Å². The molecule has 0 aliphatic carbocycles. The molecule has 0 bridgehead atoms. The Kier molecular flexibility index (Phi) is 3.28. The predicted molar refractivity (Wildman–Crippen MR) is 82.4 cm³/mol. The molecule has 1 aromatic heterocycles. The van der Waals surface area contributed by atoms with Crippen molar-refractivity contribution in [3.05, 3.63) is 42.0 Å². The second-order valence-corrected chi connectivity index (χ2v) is 5.60. The van der Waals surface area contributed by atoms with Crippen LogP contribution in [0.1, 0.15) is 5.56 Å². The zero-order valence-electron chi connectivity index (χ0n) is 11.3. The number of nitrogen functional groups attached to an aromatic ring is 1. The number of rotatable bonds is 3. The number of anilines is 1. The summed E-state index contributed by atoms with van der Waals surface area (Å²) in [6.45, 7) is 2.06. The van der Waals surface area contributed by atoms with Crippen LogP contribution >= 0.6 is 11.8 Å². The molecule has 0 aliphatic heterocycles. The summed E-state index contributed by atoms with van der Waals surface area (Å²) >= 11 is 1.52. The summed E-state index contributed by atoms with van der Waals surface area (Å²) in [5, 5.41) is 0.836. The van der Waals surface area contributed by atoms with E-state index in [0.717, 1.165) is 26.8 Å². The maximum absolute atomic E-state index is 6.02. The van der Waals surface area contributed by atoms with Gasteiger partial charge >= 0.3 is 0 Å². The van der Waals surface area contributed by atoms with Gasteiger partial charge in [-0.2, -0.15) is 0 Å². The fraction of sp³-hybridized carbons (Fsp3) is 0.133. The Labute approximate surface area is 121 Å². The number of hydrogen-bond donors (Lipinski definition) is 2. The van der Waals surface area contributed by atoms with Crippen LogP contribution in [-0.4, -0.2) is 17.1 Å². The van der Waals surface area contributed by atoms with Gasteiger partial charge in [0.25, 0.3) is 0 Å². The highest BCUT2D eigenvalue weighted by molar-refractivity contribution is 7.99. The third kappa shape index (κ3) is 2.44. The summed E-state index contributed by atoms with van der Waals surface area (Å²) < 4.78 is 5.15. The lowest BCUT2D eigenvalue weighted by molar-refractivity contribution is 0.415. The lowest BCUT2D eigenvalue weighted by Crippen LogP contribution is -1.91. The fourth-order valence-electron chi connectivity index (χ4n) is 2.00. The zero-order chi connectivity index (χ0) is 14.1. The molecule has 0 fully saturated rings. The van der Waals surface area contributed by atoms with E-state index in [1.54, 1.807) is 7.11 Å².